The lowest BCUT2D eigenvalue weighted by molar-refractivity contribution is 0.0600. The minimum absolute atomic E-state index is 0.131. The standard InChI is InChI=1S/C23H24FN3O4/c1-29-23(28)17-6-3-9-20(14-17)30-12-11-27-10-4-7-18(15-27)22-25-21(26-31-22)16-5-2-8-19(24)13-16/h2-3,5-6,8-9,13-14,18H,4,7,10-12,15H2,1H3. The van der Waals surface area contributed by atoms with Crippen molar-refractivity contribution in [1.82, 2.24) is 15.0 Å². The van der Waals surface area contributed by atoms with Crippen LogP contribution < -0.4 is 4.74 Å². The Kier molecular flexibility index (Phi) is 6.57. The molecule has 0 radical (unpaired) electrons. The average Bonchev–Trinajstić information content (AvgIpc) is 3.29. The Morgan fingerprint density at radius 1 is 1.26 bits per heavy atom. The van der Waals surface area contributed by atoms with Gasteiger partial charge in [-0.3, -0.25) is 4.90 Å². The molecule has 31 heavy (non-hydrogen) atoms. The first-order valence-corrected chi connectivity index (χ1v) is 10.3. The molecule has 1 aromatic heterocycles. The molecule has 1 fully saturated rings. The lowest BCUT2D eigenvalue weighted by Crippen LogP contribution is -2.37. The van der Waals surface area contributed by atoms with Gasteiger partial charge in [-0.25, -0.2) is 9.18 Å². The van der Waals surface area contributed by atoms with Gasteiger partial charge in [0, 0.05) is 18.7 Å². The summed E-state index contributed by atoms with van der Waals surface area (Å²) in [5.41, 5.74) is 1.06. The zero-order chi connectivity index (χ0) is 21.6. The van der Waals surface area contributed by atoms with E-state index in [1.807, 2.05) is 6.07 Å². The lowest BCUT2D eigenvalue weighted by atomic mass is 9.98. The highest BCUT2D eigenvalue weighted by Crippen LogP contribution is 2.27. The number of esters is 1. The number of rotatable bonds is 7. The fourth-order valence-corrected chi connectivity index (χ4v) is 3.73. The summed E-state index contributed by atoms with van der Waals surface area (Å²) in [5, 5.41) is 4.03. The summed E-state index contributed by atoms with van der Waals surface area (Å²) in [5.74, 6) is 1.03. The maximum atomic E-state index is 13.5. The van der Waals surface area contributed by atoms with Crippen molar-refractivity contribution in [3.8, 4) is 17.1 Å². The zero-order valence-electron chi connectivity index (χ0n) is 17.3. The second kappa shape index (κ2) is 9.70. The van der Waals surface area contributed by atoms with Gasteiger partial charge < -0.3 is 14.0 Å². The summed E-state index contributed by atoms with van der Waals surface area (Å²) in [4.78, 5) is 18.4. The van der Waals surface area contributed by atoms with Gasteiger partial charge in [-0.15, -0.1) is 0 Å². The average molecular weight is 425 g/mol. The fraction of sp³-hybridized carbons (Fsp3) is 0.348. The summed E-state index contributed by atoms with van der Waals surface area (Å²) in [7, 11) is 1.35. The van der Waals surface area contributed by atoms with E-state index in [4.69, 9.17) is 14.0 Å². The Hall–Kier alpha value is -3.26. The molecule has 7 nitrogen and oxygen atoms in total. The number of ether oxygens (including phenoxy) is 2. The second-order valence-electron chi connectivity index (χ2n) is 7.47. The number of likely N-dealkylation sites (tertiary alicyclic amines) is 1. The minimum Gasteiger partial charge on any atom is -0.492 e. The number of carbonyl (C=O) groups excluding carboxylic acids is 1. The highest BCUT2D eigenvalue weighted by atomic mass is 19.1. The Bertz CT molecular complexity index is 1040. The Balaban J connectivity index is 1.32. The van der Waals surface area contributed by atoms with Gasteiger partial charge in [-0.2, -0.15) is 4.98 Å². The topological polar surface area (TPSA) is 77.7 Å². The first-order chi connectivity index (χ1) is 15.1. The van der Waals surface area contributed by atoms with E-state index in [0.29, 0.717) is 35.2 Å². The molecular weight excluding hydrogens is 401 g/mol. The number of benzene rings is 2. The molecule has 1 saturated heterocycles. The number of halogens is 1. The van der Waals surface area contributed by atoms with Crippen molar-refractivity contribution in [2.75, 3.05) is 33.4 Å². The van der Waals surface area contributed by atoms with Crippen molar-refractivity contribution < 1.29 is 23.2 Å². The van der Waals surface area contributed by atoms with E-state index >= 15 is 0 Å². The SMILES string of the molecule is COC(=O)c1cccc(OCCN2CCCC(c3nc(-c4cccc(F)c4)no3)C2)c1. The second-order valence-corrected chi connectivity index (χ2v) is 7.47. The monoisotopic (exact) mass is 425 g/mol. The molecule has 0 bridgehead atoms. The molecule has 162 valence electrons. The predicted octanol–water partition coefficient (Wildman–Crippen LogP) is 3.92. The highest BCUT2D eigenvalue weighted by molar-refractivity contribution is 5.89. The molecule has 0 saturated carbocycles. The third-order valence-corrected chi connectivity index (χ3v) is 5.31. The van der Waals surface area contributed by atoms with Gasteiger partial charge in [0.2, 0.25) is 11.7 Å². The van der Waals surface area contributed by atoms with Crippen LogP contribution in [0.15, 0.2) is 53.1 Å². The van der Waals surface area contributed by atoms with Crippen LogP contribution in [0.5, 0.6) is 5.75 Å². The summed E-state index contributed by atoms with van der Waals surface area (Å²) in [6.07, 6.45) is 1.98. The first kappa shape index (κ1) is 21.0. The minimum atomic E-state index is -0.388. The van der Waals surface area contributed by atoms with Crippen LogP contribution in [0.25, 0.3) is 11.4 Å². The van der Waals surface area contributed by atoms with E-state index in [9.17, 15) is 9.18 Å². The molecule has 8 heteroatoms. The van der Waals surface area contributed by atoms with Gasteiger partial charge in [0.1, 0.15) is 18.2 Å². The molecule has 0 aliphatic carbocycles. The molecule has 1 unspecified atom stereocenters. The zero-order valence-corrected chi connectivity index (χ0v) is 17.3. The van der Waals surface area contributed by atoms with Crippen molar-refractivity contribution in [2.24, 2.45) is 0 Å². The molecular formula is C23H24FN3O4. The Labute approximate surface area is 179 Å². The van der Waals surface area contributed by atoms with Gasteiger partial charge in [0.05, 0.1) is 18.6 Å². The third-order valence-electron chi connectivity index (χ3n) is 5.31. The number of methoxy groups -OCH3 is 1. The molecule has 3 aromatic rings. The molecule has 2 aromatic carbocycles. The Morgan fingerprint density at radius 2 is 2.13 bits per heavy atom. The highest BCUT2D eigenvalue weighted by Gasteiger charge is 2.26. The summed E-state index contributed by atoms with van der Waals surface area (Å²) >= 11 is 0. The van der Waals surface area contributed by atoms with Crippen LogP contribution in [0.4, 0.5) is 4.39 Å². The van der Waals surface area contributed by atoms with Crippen molar-refractivity contribution in [1.29, 1.82) is 0 Å². The van der Waals surface area contributed by atoms with Crippen molar-refractivity contribution in [3.63, 3.8) is 0 Å². The van der Waals surface area contributed by atoms with Crippen molar-refractivity contribution in [2.45, 2.75) is 18.8 Å². The van der Waals surface area contributed by atoms with E-state index in [0.717, 1.165) is 32.5 Å². The van der Waals surface area contributed by atoms with Crippen molar-refractivity contribution >= 4 is 5.97 Å². The number of hydrogen-bond acceptors (Lipinski definition) is 7. The van der Waals surface area contributed by atoms with Gasteiger partial charge >= 0.3 is 5.97 Å². The molecule has 1 aliphatic rings. The van der Waals surface area contributed by atoms with E-state index in [-0.39, 0.29) is 17.7 Å². The van der Waals surface area contributed by atoms with E-state index < -0.39 is 0 Å². The third kappa shape index (κ3) is 5.27. The van der Waals surface area contributed by atoms with E-state index in [1.165, 1.54) is 19.2 Å². The van der Waals surface area contributed by atoms with Crippen LogP contribution in [-0.4, -0.2) is 54.4 Å². The number of nitrogens with zero attached hydrogens (tertiary/aromatic N) is 3. The van der Waals surface area contributed by atoms with Crippen LogP contribution in [0.1, 0.15) is 35.0 Å². The summed E-state index contributed by atoms with van der Waals surface area (Å²) in [6, 6.07) is 13.1. The van der Waals surface area contributed by atoms with Crippen LogP contribution >= 0.6 is 0 Å². The van der Waals surface area contributed by atoms with Crippen LogP contribution in [-0.2, 0) is 4.74 Å². The predicted molar refractivity (Wildman–Crippen MR) is 111 cm³/mol. The molecule has 1 aliphatic heterocycles. The smallest absolute Gasteiger partial charge is 0.337 e. The van der Waals surface area contributed by atoms with Gasteiger partial charge in [-0.05, 0) is 49.7 Å². The normalized spacial score (nSPS) is 16.8. The maximum Gasteiger partial charge on any atom is 0.337 e. The van der Waals surface area contributed by atoms with E-state index in [1.54, 1.807) is 30.3 Å². The Morgan fingerprint density at radius 3 is 2.97 bits per heavy atom. The summed E-state index contributed by atoms with van der Waals surface area (Å²) in [6.45, 7) is 2.99. The molecule has 0 N–H and O–H groups in total. The molecule has 0 amide bonds. The number of carbonyl (C=O) groups is 1. The number of piperidine rings is 1. The van der Waals surface area contributed by atoms with Crippen LogP contribution in [0.3, 0.4) is 0 Å². The van der Waals surface area contributed by atoms with Crippen LogP contribution in [0, 0.1) is 5.82 Å². The number of aromatic nitrogens is 2. The lowest BCUT2D eigenvalue weighted by Gasteiger charge is -2.30. The fourth-order valence-electron chi connectivity index (χ4n) is 3.73. The van der Waals surface area contributed by atoms with E-state index in [2.05, 4.69) is 15.0 Å². The first-order valence-electron chi connectivity index (χ1n) is 10.3. The van der Waals surface area contributed by atoms with Crippen LogP contribution in [0.2, 0.25) is 0 Å². The molecule has 0 spiro atoms. The molecule has 2 heterocycles. The summed E-state index contributed by atoms with van der Waals surface area (Å²) < 4.78 is 29.5. The van der Waals surface area contributed by atoms with Gasteiger partial charge in [0.15, 0.2) is 0 Å². The molecule has 1 atom stereocenters. The largest absolute Gasteiger partial charge is 0.492 e. The number of hydrogen-bond donors (Lipinski definition) is 0. The van der Waals surface area contributed by atoms with Gasteiger partial charge in [0.25, 0.3) is 0 Å². The maximum absolute atomic E-state index is 13.5. The molecule has 4 rings (SSSR count). The van der Waals surface area contributed by atoms with Gasteiger partial charge in [-0.1, -0.05) is 23.4 Å². The quantitative estimate of drug-likeness (QED) is 0.531. The van der Waals surface area contributed by atoms with Crippen molar-refractivity contribution in [3.05, 3.63) is 65.8 Å².